The first-order chi connectivity index (χ1) is 7.42. The van der Waals surface area contributed by atoms with Crippen LogP contribution in [0.4, 0.5) is 5.82 Å². The summed E-state index contributed by atoms with van der Waals surface area (Å²) in [5, 5.41) is 3.08. The molecule has 0 unspecified atom stereocenters. The summed E-state index contributed by atoms with van der Waals surface area (Å²) in [6.45, 7) is 10.7. The van der Waals surface area contributed by atoms with Gasteiger partial charge in [-0.15, -0.1) is 0 Å². The minimum absolute atomic E-state index is 0.654. The molecule has 1 aromatic heterocycles. The van der Waals surface area contributed by atoms with Crippen LogP contribution >= 0.6 is 0 Å². The molecule has 0 aromatic carbocycles. The van der Waals surface area contributed by atoms with E-state index < -0.39 is 0 Å². The monoisotopic (exact) mass is 210 g/mol. The summed E-state index contributed by atoms with van der Waals surface area (Å²) in [5.41, 5.74) is 2.15. The summed E-state index contributed by atoms with van der Waals surface area (Å²) in [7, 11) is 0. The average molecular weight is 210 g/mol. The summed E-state index contributed by atoms with van der Waals surface area (Å²) >= 11 is 0. The van der Waals surface area contributed by atoms with Gasteiger partial charge in [-0.2, -0.15) is 0 Å². The van der Waals surface area contributed by atoms with Crippen molar-refractivity contribution in [1.82, 2.24) is 9.97 Å². The highest BCUT2D eigenvalue weighted by molar-refractivity contribution is 6.03. The molecular weight excluding hydrogens is 188 g/mol. The second kappa shape index (κ2) is 8.03. The van der Waals surface area contributed by atoms with Crippen molar-refractivity contribution in [3.8, 4) is 0 Å². The lowest BCUT2D eigenvalue weighted by Gasteiger charge is -2.11. The van der Waals surface area contributed by atoms with Gasteiger partial charge >= 0.3 is 0 Å². The molecular formula is C11H22N4. The number of nitrogens with zero attached hydrogens (tertiary/aromatic N) is 2. The Bertz CT molecular complexity index is 289. The molecule has 0 radical (unpaired) electrons. The molecule has 15 heavy (non-hydrogen) atoms. The van der Waals surface area contributed by atoms with E-state index in [1.165, 1.54) is 0 Å². The van der Waals surface area contributed by atoms with E-state index in [4.69, 9.17) is 0 Å². The predicted molar refractivity (Wildman–Crippen MR) is 66.6 cm³/mol. The fourth-order valence-electron chi connectivity index (χ4n) is 1.23. The van der Waals surface area contributed by atoms with Crippen molar-refractivity contribution in [1.29, 1.82) is 0 Å². The van der Waals surface area contributed by atoms with E-state index in [9.17, 15) is 0 Å². The van der Waals surface area contributed by atoms with Crippen molar-refractivity contribution in [3.63, 3.8) is 0 Å². The molecule has 0 aliphatic carbocycles. The molecule has 4 nitrogen and oxygen atoms in total. The maximum Gasteiger partial charge on any atom is 0.154 e. The van der Waals surface area contributed by atoms with Gasteiger partial charge < -0.3 is 10.3 Å². The van der Waals surface area contributed by atoms with Crippen molar-refractivity contribution < 1.29 is 0 Å². The zero-order valence-corrected chi connectivity index (χ0v) is 10.4. The van der Waals surface area contributed by atoms with Crippen LogP contribution in [0.2, 0.25) is 0 Å². The van der Waals surface area contributed by atoms with Crippen LogP contribution in [0.1, 0.15) is 46.7 Å². The molecule has 2 rings (SSSR count). The number of fused-ring (bicyclic) bond motifs is 1. The van der Waals surface area contributed by atoms with Gasteiger partial charge in [0.05, 0.1) is 12.0 Å². The number of anilines is 1. The molecule has 0 fully saturated rings. The molecule has 0 amide bonds. The highest BCUT2D eigenvalue weighted by atomic mass is 15.1. The van der Waals surface area contributed by atoms with Gasteiger partial charge in [0.25, 0.3) is 0 Å². The molecule has 2 N–H and O–H groups in total. The zero-order valence-electron chi connectivity index (χ0n) is 10.4. The summed E-state index contributed by atoms with van der Waals surface area (Å²) in [4.78, 5) is 11.5. The first-order valence-electron chi connectivity index (χ1n) is 5.72. The number of aromatic amines is 1. The lowest BCUT2D eigenvalue weighted by molar-refractivity contribution is 1.06. The van der Waals surface area contributed by atoms with E-state index in [-0.39, 0.29) is 0 Å². The highest BCUT2D eigenvalue weighted by Crippen LogP contribution is 2.15. The van der Waals surface area contributed by atoms with Crippen LogP contribution < -0.4 is 5.32 Å². The van der Waals surface area contributed by atoms with Crippen LogP contribution in [0.25, 0.3) is 0 Å². The number of nitrogens with one attached hydrogen (secondary N) is 2. The van der Waals surface area contributed by atoms with Crippen LogP contribution in [0.15, 0.2) is 11.3 Å². The van der Waals surface area contributed by atoms with Crippen molar-refractivity contribution >= 4 is 11.5 Å². The Kier molecular flexibility index (Phi) is 7.32. The van der Waals surface area contributed by atoms with Gasteiger partial charge in [0.1, 0.15) is 12.4 Å². The molecule has 1 aliphatic rings. The second-order valence-corrected chi connectivity index (χ2v) is 2.42. The molecule has 1 aliphatic heterocycles. The number of hydrogen-bond acceptors (Lipinski definition) is 3. The molecule has 1 aromatic rings. The van der Waals surface area contributed by atoms with Gasteiger partial charge in [-0.3, -0.25) is 4.99 Å². The third kappa shape index (κ3) is 3.38. The van der Waals surface area contributed by atoms with Crippen LogP contribution in [-0.4, -0.2) is 22.3 Å². The number of H-pyrrole nitrogens is 1. The Morgan fingerprint density at radius 2 is 1.93 bits per heavy atom. The molecule has 2 heterocycles. The van der Waals surface area contributed by atoms with Crippen LogP contribution in [0.5, 0.6) is 0 Å². The molecule has 0 saturated carbocycles. The Morgan fingerprint density at radius 1 is 1.27 bits per heavy atom. The number of rotatable bonds is 1. The summed E-state index contributed by atoms with van der Waals surface area (Å²) in [6.07, 6.45) is 2.64. The number of aromatic nitrogens is 2. The van der Waals surface area contributed by atoms with E-state index >= 15 is 0 Å². The average Bonchev–Trinajstić information content (AvgIpc) is 2.82. The molecule has 4 heteroatoms. The molecule has 0 atom stereocenters. The maximum absolute atomic E-state index is 4.30. The first-order valence-corrected chi connectivity index (χ1v) is 5.72. The Labute approximate surface area is 92.2 Å². The molecule has 0 saturated heterocycles. The fraction of sp³-hybridized carbons (Fsp3) is 0.636. The van der Waals surface area contributed by atoms with E-state index in [0.717, 1.165) is 23.6 Å². The van der Waals surface area contributed by atoms with Crippen molar-refractivity contribution in [3.05, 3.63) is 12.0 Å². The van der Waals surface area contributed by atoms with Gasteiger partial charge in [0.2, 0.25) is 0 Å². The Morgan fingerprint density at radius 3 is 2.53 bits per heavy atom. The summed E-state index contributed by atoms with van der Waals surface area (Å²) in [5.74, 6) is 0.928. The van der Waals surface area contributed by atoms with E-state index in [1.807, 2.05) is 27.7 Å². The van der Waals surface area contributed by atoms with Gasteiger partial charge in [0.15, 0.2) is 5.82 Å². The topological polar surface area (TPSA) is 53.1 Å². The van der Waals surface area contributed by atoms with Gasteiger partial charge in [-0.05, 0) is 6.42 Å². The normalized spacial score (nSPS) is 11.9. The Hall–Kier alpha value is -1.32. The second-order valence-electron chi connectivity index (χ2n) is 2.42. The molecule has 0 bridgehead atoms. The number of imidazole rings is 1. The van der Waals surface area contributed by atoms with Crippen molar-refractivity contribution in [2.75, 3.05) is 12.0 Å². The minimum Gasteiger partial charge on any atom is -0.349 e. The largest absolute Gasteiger partial charge is 0.349 e. The Balaban J connectivity index is 0.000000442. The van der Waals surface area contributed by atoms with Crippen LogP contribution in [-0.2, 0) is 0 Å². The van der Waals surface area contributed by atoms with Gasteiger partial charge in [-0.25, -0.2) is 4.98 Å². The predicted octanol–water partition coefficient (Wildman–Crippen LogP) is 3.04. The smallest absolute Gasteiger partial charge is 0.154 e. The first kappa shape index (κ1) is 13.7. The minimum atomic E-state index is 0.654. The lowest BCUT2D eigenvalue weighted by atomic mass is 10.2. The summed E-state index contributed by atoms with van der Waals surface area (Å²) < 4.78 is 0. The fourth-order valence-corrected chi connectivity index (χ4v) is 1.23. The van der Waals surface area contributed by atoms with Crippen molar-refractivity contribution in [2.45, 2.75) is 41.0 Å². The highest BCUT2D eigenvalue weighted by Gasteiger charge is 2.13. The quantitative estimate of drug-likeness (QED) is 0.748. The molecule has 86 valence electrons. The number of hydrogen-bond donors (Lipinski definition) is 2. The standard InChI is InChI=1S/C7H10N4.2C2H6/c1-2-5-6-7(10-3-8-5)11-4-9-6;2*1-2/h4,10H,2-3H2,1H3,(H,9,11);2*1-2H3. The maximum atomic E-state index is 4.30. The van der Waals surface area contributed by atoms with Crippen LogP contribution in [0, 0.1) is 0 Å². The van der Waals surface area contributed by atoms with Gasteiger partial charge in [-0.1, -0.05) is 34.6 Å². The van der Waals surface area contributed by atoms with E-state index in [1.54, 1.807) is 6.33 Å². The SMILES string of the molecule is CC.CC.CCC1=NCNc2nc[nH]c21. The number of aliphatic imine (C=N–C) groups is 1. The van der Waals surface area contributed by atoms with E-state index in [2.05, 4.69) is 27.2 Å². The third-order valence-electron chi connectivity index (χ3n) is 1.78. The summed E-state index contributed by atoms with van der Waals surface area (Å²) in [6, 6.07) is 0. The molecule has 0 spiro atoms. The van der Waals surface area contributed by atoms with Crippen molar-refractivity contribution in [2.24, 2.45) is 4.99 Å². The van der Waals surface area contributed by atoms with E-state index in [0.29, 0.717) is 6.67 Å². The van der Waals surface area contributed by atoms with Gasteiger partial charge in [0, 0.05) is 0 Å². The lowest BCUT2D eigenvalue weighted by Crippen LogP contribution is -2.14. The zero-order chi connectivity index (χ0) is 11.7. The van der Waals surface area contributed by atoms with Crippen LogP contribution in [0.3, 0.4) is 0 Å². The third-order valence-corrected chi connectivity index (χ3v) is 1.78.